The van der Waals surface area contributed by atoms with Crippen LogP contribution >= 0.6 is 0 Å². The standard InChI is InChI=1S/C26H43NO7/c1-7-27-12-23(13-30-2)9-8-17(32-4)25-15-10-14-16(31-3)11-24(28,18(15)19(14)33-5)26(29,22(25)27)21(34-6)20(23)25/h14-22,28-29H,7-13H2,1-6H3/t14-,15-,16+,17+,18-,19+,20+,21+,22?,23+,24-,25-,26-/m1/s1. The number of methoxy groups -OCH3 is 5. The van der Waals surface area contributed by atoms with Gasteiger partial charge in [-0.2, -0.15) is 0 Å². The largest absolute Gasteiger partial charge is 0.386 e. The molecule has 6 fully saturated rings. The fourth-order valence-electron chi connectivity index (χ4n) is 11.3. The van der Waals surface area contributed by atoms with Gasteiger partial charge in [0.15, 0.2) is 0 Å². The zero-order chi connectivity index (χ0) is 24.3. The van der Waals surface area contributed by atoms with E-state index in [0.717, 1.165) is 32.4 Å². The molecule has 7 bridgehead atoms. The molecule has 0 aromatic rings. The van der Waals surface area contributed by atoms with E-state index in [2.05, 4.69) is 11.8 Å². The third kappa shape index (κ3) is 2.27. The molecule has 0 aromatic heterocycles. The number of fused-ring (bicyclic) bond motifs is 2. The molecule has 6 aliphatic rings. The second kappa shape index (κ2) is 7.60. The minimum absolute atomic E-state index is 0.0262. The number of nitrogens with zero attached hydrogens (tertiary/aromatic N) is 1. The average molecular weight is 482 g/mol. The number of likely N-dealkylation sites (N-methyl/N-ethyl adjacent to an activating group) is 1. The molecule has 1 aliphatic heterocycles. The highest BCUT2D eigenvalue weighted by molar-refractivity contribution is 5.41. The van der Waals surface area contributed by atoms with Gasteiger partial charge in [-0.25, -0.2) is 0 Å². The van der Waals surface area contributed by atoms with Crippen LogP contribution in [0.2, 0.25) is 0 Å². The number of rotatable bonds is 7. The second-order valence-corrected chi connectivity index (χ2v) is 12.1. The van der Waals surface area contributed by atoms with E-state index in [-0.39, 0.29) is 58.9 Å². The first-order valence-corrected chi connectivity index (χ1v) is 13.1. The first kappa shape index (κ1) is 24.0. The summed E-state index contributed by atoms with van der Waals surface area (Å²) in [4.78, 5) is 2.43. The first-order valence-electron chi connectivity index (χ1n) is 13.1. The van der Waals surface area contributed by atoms with Crippen LogP contribution in [0.3, 0.4) is 0 Å². The van der Waals surface area contributed by atoms with Crippen molar-refractivity contribution >= 4 is 0 Å². The Hall–Kier alpha value is -0.320. The monoisotopic (exact) mass is 481 g/mol. The molecule has 13 atom stereocenters. The Balaban J connectivity index is 1.67. The van der Waals surface area contributed by atoms with Gasteiger partial charge < -0.3 is 33.9 Å². The van der Waals surface area contributed by atoms with Gasteiger partial charge in [0, 0.05) is 77.1 Å². The van der Waals surface area contributed by atoms with E-state index < -0.39 is 17.3 Å². The fourth-order valence-corrected chi connectivity index (χ4v) is 11.3. The van der Waals surface area contributed by atoms with Gasteiger partial charge in [0.2, 0.25) is 0 Å². The number of hydrogen-bond acceptors (Lipinski definition) is 8. The van der Waals surface area contributed by atoms with Gasteiger partial charge in [0.1, 0.15) is 11.2 Å². The topological polar surface area (TPSA) is 89.9 Å². The lowest BCUT2D eigenvalue weighted by Gasteiger charge is -2.70. The van der Waals surface area contributed by atoms with Crippen molar-refractivity contribution in [3.8, 4) is 0 Å². The van der Waals surface area contributed by atoms with Crippen molar-refractivity contribution in [2.75, 3.05) is 55.2 Å². The van der Waals surface area contributed by atoms with E-state index in [1.807, 2.05) is 7.11 Å². The molecular weight excluding hydrogens is 438 g/mol. The number of piperidine rings is 1. The third-order valence-electron chi connectivity index (χ3n) is 11.7. The van der Waals surface area contributed by atoms with E-state index in [1.54, 1.807) is 28.4 Å². The fraction of sp³-hybridized carbons (Fsp3) is 1.00. The van der Waals surface area contributed by atoms with Gasteiger partial charge >= 0.3 is 0 Å². The van der Waals surface area contributed by atoms with Gasteiger partial charge in [-0.3, -0.25) is 4.90 Å². The lowest BCUT2D eigenvalue weighted by molar-refractivity contribution is -0.320. The van der Waals surface area contributed by atoms with Gasteiger partial charge in [-0.1, -0.05) is 6.92 Å². The second-order valence-electron chi connectivity index (χ2n) is 12.1. The normalized spacial score (nSPS) is 59.5. The summed E-state index contributed by atoms with van der Waals surface area (Å²) in [5.41, 5.74) is -3.38. The number of hydrogen-bond donors (Lipinski definition) is 2. The number of likely N-dealkylation sites (tertiary alicyclic amines) is 1. The predicted molar refractivity (Wildman–Crippen MR) is 123 cm³/mol. The molecule has 6 rings (SSSR count). The third-order valence-corrected chi connectivity index (χ3v) is 11.7. The number of aliphatic hydroxyl groups is 2. The maximum Gasteiger partial charge on any atom is 0.136 e. The molecule has 194 valence electrons. The van der Waals surface area contributed by atoms with Crippen LogP contribution in [0.5, 0.6) is 0 Å². The summed E-state index contributed by atoms with van der Waals surface area (Å²) < 4.78 is 30.7. The van der Waals surface area contributed by atoms with Crippen LogP contribution < -0.4 is 0 Å². The molecule has 2 N–H and O–H groups in total. The summed E-state index contributed by atoms with van der Waals surface area (Å²) in [6, 6.07) is -0.256. The Kier molecular flexibility index (Phi) is 5.38. The molecule has 0 amide bonds. The molecule has 0 aromatic carbocycles. The summed E-state index contributed by atoms with van der Waals surface area (Å²) in [6.45, 7) is 4.41. The van der Waals surface area contributed by atoms with Crippen LogP contribution in [0, 0.1) is 34.5 Å². The predicted octanol–water partition coefficient (Wildman–Crippen LogP) is 0.925. The highest BCUT2D eigenvalue weighted by Crippen LogP contribution is 2.80. The molecule has 0 radical (unpaired) electrons. The molecule has 1 unspecified atom stereocenters. The quantitative estimate of drug-likeness (QED) is 0.555. The van der Waals surface area contributed by atoms with Crippen molar-refractivity contribution in [3.05, 3.63) is 0 Å². The van der Waals surface area contributed by atoms with Crippen molar-refractivity contribution in [1.29, 1.82) is 0 Å². The van der Waals surface area contributed by atoms with Crippen molar-refractivity contribution < 1.29 is 33.9 Å². The molecule has 34 heavy (non-hydrogen) atoms. The van der Waals surface area contributed by atoms with E-state index in [9.17, 15) is 10.2 Å². The lowest BCUT2D eigenvalue weighted by atomic mass is 9.42. The summed E-state index contributed by atoms with van der Waals surface area (Å²) in [6.07, 6.45) is 2.30. The first-order chi connectivity index (χ1) is 16.3. The van der Waals surface area contributed by atoms with Crippen molar-refractivity contribution in [3.63, 3.8) is 0 Å². The zero-order valence-electron chi connectivity index (χ0n) is 21.5. The minimum atomic E-state index is -1.47. The van der Waals surface area contributed by atoms with Crippen molar-refractivity contribution in [2.45, 2.75) is 74.3 Å². The molecule has 8 heteroatoms. The molecule has 1 saturated heterocycles. The molecular formula is C26H43NO7. The summed E-state index contributed by atoms with van der Waals surface area (Å²) in [7, 11) is 8.77. The molecule has 1 spiro atoms. The Bertz CT molecular complexity index is 829. The van der Waals surface area contributed by atoms with Crippen LogP contribution in [-0.4, -0.2) is 112 Å². The van der Waals surface area contributed by atoms with Gasteiger partial charge in [-0.15, -0.1) is 0 Å². The molecule has 5 saturated carbocycles. The summed E-state index contributed by atoms with van der Waals surface area (Å²) >= 11 is 0. The van der Waals surface area contributed by atoms with Gasteiger partial charge in [0.25, 0.3) is 0 Å². The lowest BCUT2D eigenvalue weighted by Crippen LogP contribution is -2.82. The van der Waals surface area contributed by atoms with E-state index in [1.165, 1.54) is 0 Å². The van der Waals surface area contributed by atoms with E-state index in [0.29, 0.717) is 13.0 Å². The Morgan fingerprint density at radius 2 is 1.76 bits per heavy atom. The van der Waals surface area contributed by atoms with Crippen LogP contribution in [0.15, 0.2) is 0 Å². The summed E-state index contributed by atoms with van der Waals surface area (Å²) in [5, 5.41) is 25.9. The number of ether oxygens (including phenoxy) is 5. The minimum Gasteiger partial charge on any atom is -0.386 e. The van der Waals surface area contributed by atoms with Gasteiger partial charge in [0.05, 0.1) is 37.1 Å². The van der Waals surface area contributed by atoms with Crippen molar-refractivity contribution in [1.82, 2.24) is 4.90 Å². The highest BCUT2D eigenvalue weighted by Gasteiger charge is 2.91. The maximum absolute atomic E-state index is 13.1. The van der Waals surface area contributed by atoms with E-state index in [4.69, 9.17) is 23.7 Å². The smallest absolute Gasteiger partial charge is 0.136 e. The SMILES string of the molecule is CCN1C[C@]2(COC)CC[C@H](OC)[C@@]34C1[C@](O)([C@@H](OC)[C@@H]23)[C@@]1(O)C[C@H](OC)[C@H]2C[C@@H]4[C@@H]1[C@H]2OC. The van der Waals surface area contributed by atoms with Crippen LogP contribution in [-0.2, 0) is 23.7 Å². The highest BCUT2D eigenvalue weighted by atomic mass is 16.5. The average Bonchev–Trinajstić information content (AvgIpc) is 3.25. The van der Waals surface area contributed by atoms with Crippen LogP contribution in [0.4, 0.5) is 0 Å². The van der Waals surface area contributed by atoms with Crippen molar-refractivity contribution in [2.24, 2.45) is 34.5 Å². The Morgan fingerprint density at radius 3 is 2.35 bits per heavy atom. The van der Waals surface area contributed by atoms with Crippen LogP contribution in [0.1, 0.15) is 32.6 Å². The maximum atomic E-state index is 13.1. The van der Waals surface area contributed by atoms with Gasteiger partial charge in [-0.05, 0) is 31.7 Å². The van der Waals surface area contributed by atoms with Crippen LogP contribution in [0.25, 0.3) is 0 Å². The Morgan fingerprint density at radius 1 is 1.00 bits per heavy atom. The molecule has 5 aliphatic carbocycles. The van der Waals surface area contributed by atoms with E-state index >= 15 is 0 Å². The summed E-state index contributed by atoms with van der Waals surface area (Å²) in [5.74, 6) is 0.165. The molecule has 8 nitrogen and oxygen atoms in total. The zero-order valence-corrected chi connectivity index (χ0v) is 21.5. The Labute approximate surface area is 203 Å². The molecule has 1 heterocycles.